The minimum atomic E-state index is -3.75. The fourth-order valence-corrected chi connectivity index (χ4v) is 4.42. The third kappa shape index (κ3) is 7.56. The number of nitrogens with zero attached hydrogens (tertiary/aromatic N) is 2. The molecule has 1 N–H and O–H groups in total. The quantitative estimate of drug-likeness (QED) is 0.480. The van der Waals surface area contributed by atoms with E-state index < -0.39 is 28.5 Å². The zero-order chi connectivity index (χ0) is 25.6. The van der Waals surface area contributed by atoms with Crippen LogP contribution >= 0.6 is 15.9 Å². The molecule has 0 bridgehead atoms. The minimum Gasteiger partial charge on any atom is -0.352 e. The van der Waals surface area contributed by atoms with Gasteiger partial charge in [-0.1, -0.05) is 52.7 Å². The predicted molar refractivity (Wildman–Crippen MR) is 140 cm³/mol. The van der Waals surface area contributed by atoms with E-state index in [1.807, 2.05) is 52.0 Å². The third-order valence-electron chi connectivity index (χ3n) is 5.75. The molecule has 2 aromatic rings. The molecule has 2 atom stereocenters. The van der Waals surface area contributed by atoms with Crippen molar-refractivity contribution in [1.29, 1.82) is 0 Å². The Kier molecular flexibility index (Phi) is 9.70. The molecule has 0 saturated heterocycles. The Morgan fingerprint density at radius 1 is 1.06 bits per heavy atom. The van der Waals surface area contributed by atoms with Crippen molar-refractivity contribution in [1.82, 2.24) is 10.2 Å². The van der Waals surface area contributed by atoms with Gasteiger partial charge in [0.05, 0.1) is 11.9 Å². The van der Waals surface area contributed by atoms with Crippen molar-refractivity contribution in [3.05, 3.63) is 63.6 Å². The molecule has 2 rings (SSSR count). The van der Waals surface area contributed by atoms with Gasteiger partial charge in [-0.3, -0.25) is 13.9 Å². The van der Waals surface area contributed by atoms with Crippen LogP contribution in [0.3, 0.4) is 0 Å². The molecule has 0 heterocycles. The average Bonchev–Trinajstić information content (AvgIpc) is 2.77. The smallest absolute Gasteiger partial charge is 0.244 e. The number of halogens is 1. The molecule has 0 aliphatic carbocycles. The first-order valence-corrected chi connectivity index (χ1v) is 13.9. The van der Waals surface area contributed by atoms with Crippen LogP contribution in [0.15, 0.2) is 46.9 Å². The van der Waals surface area contributed by atoms with Crippen LogP contribution in [0.2, 0.25) is 0 Å². The van der Waals surface area contributed by atoms with Crippen LogP contribution < -0.4 is 9.62 Å². The molecule has 0 spiro atoms. The molecule has 0 fully saturated rings. The summed E-state index contributed by atoms with van der Waals surface area (Å²) >= 11 is 3.42. The summed E-state index contributed by atoms with van der Waals surface area (Å²) in [5.74, 6) is -0.737. The molecule has 0 saturated carbocycles. The van der Waals surface area contributed by atoms with Crippen molar-refractivity contribution in [3.8, 4) is 0 Å². The highest BCUT2D eigenvalue weighted by Crippen LogP contribution is 2.25. The van der Waals surface area contributed by atoms with Gasteiger partial charge in [-0.2, -0.15) is 0 Å². The maximum absolute atomic E-state index is 13.5. The van der Waals surface area contributed by atoms with Gasteiger partial charge in [0, 0.05) is 17.1 Å². The van der Waals surface area contributed by atoms with Crippen LogP contribution in [-0.2, 0) is 26.2 Å². The molecular weight excluding hydrogens is 518 g/mol. The number of nitrogens with one attached hydrogen (secondary N) is 1. The van der Waals surface area contributed by atoms with E-state index in [9.17, 15) is 18.0 Å². The summed E-state index contributed by atoms with van der Waals surface area (Å²) in [6.45, 7) is 9.13. The maximum atomic E-state index is 13.5. The SMILES string of the molecule is CC[C@@H](C)NC(=O)[C@H](C)N(Cc1ccc(C)cc1)C(=O)CN(c1ccc(Br)c(C)c1)S(C)(=O)=O. The minimum absolute atomic E-state index is 0.0375. The van der Waals surface area contributed by atoms with E-state index in [0.717, 1.165) is 38.1 Å². The van der Waals surface area contributed by atoms with Gasteiger partial charge in [-0.05, 0) is 63.4 Å². The molecule has 2 aromatic carbocycles. The van der Waals surface area contributed by atoms with Crippen molar-refractivity contribution in [3.63, 3.8) is 0 Å². The summed E-state index contributed by atoms with van der Waals surface area (Å²) in [7, 11) is -3.75. The lowest BCUT2D eigenvalue weighted by Crippen LogP contribution is -2.52. The third-order valence-corrected chi connectivity index (χ3v) is 7.78. The highest BCUT2D eigenvalue weighted by Gasteiger charge is 2.30. The second-order valence-electron chi connectivity index (χ2n) is 8.70. The molecule has 7 nitrogen and oxygen atoms in total. The van der Waals surface area contributed by atoms with Gasteiger partial charge in [0.1, 0.15) is 12.6 Å². The van der Waals surface area contributed by atoms with E-state index in [-0.39, 0.29) is 18.5 Å². The molecule has 9 heteroatoms. The standard InChI is InChI=1S/C25H34BrN3O4S/c1-7-19(4)27-25(31)20(5)28(15-21-10-8-17(2)9-11-21)24(30)16-29(34(6,32)33)22-12-13-23(26)18(3)14-22/h8-14,19-20H,7,15-16H2,1-6H3,(H,27,31)/t19-,20+/m1/s1. The largest absolute Gasteiger partial charge is 0.352 e. The average molecular weight is 553 g/mol. The van der Waals surface area contributed by atoms with Gasteiger partial charge < -0.3 is 10.2 Å². The van der Waals surface area contributed by atoms with Gasteiger partial charge >= 0.3 is 0 Å². The lowest BCUT2D eigenvalue weighted by Gasteiger charge is -2.32. The topological polar surface area (TPSA) is 86.8 Å². The van der Waals surface area contributed by atoms with E-state index in [2.05, 4.69) is 21.2 Å². The van der Waals surface area contributed by atoms with Crippen molar-refractivity contribution in [2.45, 2.75) is 59.7 Å². The predicted octanol–water partition coefficient (Wildman–Crippen LogP) is 4.16. The fraction of sp³-hybridized carbons (Fsp3) is 0.440. The van der Waals surface area contributed by atoms with E-state index in [0.29, 0.717) is 5.69 Å². The van der Waals surface area contributed by atoms with Crippen molar-refractivity contribution in [2.24, 2.45) is 0 Å². The van der Waals surface area contributed by atoms with Crippen molar-refractivity contribution >= 4 is 43.5 Å². The van der Waals surface area contributed by atoms with Crippen LogP contribution in [0.5, 0.6) is 0 Å². The van der Waals surface area contributed by atoms with E-state index in [1.54, 1.807) is 25.1 Å². The van der Waals surface area contributed by atoms with Crippen LogP contribution in [0, 0.1) is 13.8 Å². The summed E-state index contributed by atoms with van der Waals surface area (Å²) in [6, 6.07) is 12.0. The number of benzene rings is 2. The number of amides is 2. The second-order valence-corrected chi connectivity index (χ2v) is 11.5. The number of hydrogen-bond acceptors (Lipinski definition) is 4. The normalized spacial score (nSPS) is 13.1. The fourth-order valence-electron chi connectivity index (χ4n) is 3.34. The van der Waals surface area contributed by atoms with Gasteiger partial charge in [-0.15, -0.1) is 0 Å². The van der Waals surface area contributed by atoms with Gasteiger partial charge in [0.15, 0.2) is 0 Å². The lowest BCUT2D eigenvalue weighted by atomic mass is 10.1. The first-order chi connectivity index (χ1) is 15.8. The Labute approximate surface area is 211 Å². The molecule has 0 aliphatic heterocycles. The summed E-state index contributed by atoms with van der Waals surface area (Å²) in [5.41, 5.74) is 3.17. The first kappa shape index (κ1) is 27.9. The number of carbonyl (C=O) groups is 2. The Balaban J connectivity index is 2.39. The Morgan fingerprint density at radius 2 is 1.68 bits per heavy atom. The van der Waals surface area contributed by atoms with Gasteiger partial charge in [0.2, 0.25) is 21.8 Å². The molecule has 186 valence electrons. The van der Waals surface area contributed by atoms with Crippen LogP contribution in [0.1, 0.15) is 43.9 Å². The summed E-state index contributed by atoms with van der Waals surface area (Å²) in [4.78, 5) is 27.9. The first-order valence-electron chi connectivity index (χ1n) is 11.2. The highest BCUT2D eigenvalue weighted by molar-refractivity contribution is 9.10. The molecule has 0 radical (unpaired) electrons. The monoisotopic (exact) mass is 551 g/mol. The maximum Gasteiger partial charge on any atom is 0.244 e. The number of rotatable bonds is 10. The molecule has 0 unspecified atom stereocenters. The Hall–Kier alpha value is -2.39. The summed E-state index contributed by atoms with van der Waals surface area (Å²) < 4.78 is 27.2. The zero-order valence-corrected chi connectivity index (χ0v) is 23.0. The van der Waals surface area contributed by atoms with Crippen LogP contribution in [-0.4, -0.2) is 50.0 Å². The number of hydrogen-bond donors (Lipinski definition) is 1. The lowest BCUT2D eigenvalue weighted by molar-refractivity contribution is -0.139. The number of carbonyl (C=O) groups excluding carboxylic acids is 2. The molecule has 0 aliphatic rings. The highest BCUT2D eigenvalue weighted by atomic mass is 79.9. The van der Waals surface area contributed by atoms with Crippen molar-refractivity contribution in [2.75, 3.05) is 17.1 Å². The van der Waals surface area contributed by atoms with E-state index in [4.69, 9.17) is 0 Å². The van der Waals surface area contributed by atoms with Crippen molar-refractivity contribution < 1.29 is 18.0 Å². The van der Waals surface area contributed by atoms with Gasteiger partial charge in [0.25, 0.3) is 0 Å². The van der Waals surface area contributed by atoms with E-state index in [1.165, 1.54) is 4.90 Å². The van der Waals surface area contributed by atoms with Crippen LogP contribution in [0.4, 0.5) is 5.69 Å². The molecular formula is C25H34BrN3O4S. The van der Waals surface area contributed by atoms with Crippen LogP contribution in [0.25, 0.3) is 0 Å². The summed E-state index contributed by atoms with van der Waals surface area (Å²) in [5, 5.41) is 2.92. The van der Waals surface area contributed by atoms with Gasteiger partial charge in [-0.25, -0.2) is 8.42 Å². The number of aryl methyl sites for hydroxylation is 2. The Bertz CT molecular complexity index is 1120. The number of sulfonamides is 1. The molecule has 0 aromatic heterocycles. The molecule has 34 heavy (non-hydrogen) atoms. The number of anilines is 1. The zero-order valence-electron chi connectivity index (χ0n) is 20.6. The summed E-state index contributed by atoms with van der Waals surface area (Å²) in [6.07, 6.45) is 1.83. The van der Waals surface area contributed by atoms with E-state index >= 15 is 0 Å². The second kappa shape index (κ2) is 11.8. The molecule has 2 amide bonds. The Morgan fingerprint density at radius 3 is 2.21 bits per heavy atom.